The van der Waals surface area contributed by atoms with Crippen LogP contribution in [0.5, 0.6) is 0 Å². The molecule has 8 nitrogen and oxygen atoms in total. The Balaban J connectivity index is 0.00000196. The average Bonchev–Trinajstić information content (AvgIpc) is 3.08. The first-order chi connectivity index (χ1) is 12.1. The molecule has 0 aliphatic heterocycles. The van der Waals surface area contributed by atoms with Crippen molar-refractivity contribution in [1.82, 2.24) is 19.3 Å². The summed E-state index contributed by atoms with van der Waals surface area (Å²) in [4.78, 5) is 38.1. The molecule has 0 aromatic carbocycles. The van der Waals surface area contributed by atoms with E-state index in [1.54, 1.807) is 0 Å². The van der Waals surface area contributed by atoms with Crippen LogP contribution >= 0.6 is 11.3 Å². The van der Waals surface area contributed by atoms with Gasteiger partial charge in [0, 0.05) is 35.6 Å². The molecule has 3 rings (SSSR count). The molecule has 0 aliphatic carbocycles. The molecule has 0 bridgehead atoms. The number of nitrogens with one attached hydrogen (secondary N) is 1. The van der Waals surface area contributed by atoms with E-state index in [4.69, 9.17) is 0 Å². The molecule has 0 fully saturated rings. The van der Waals surface area contributed by atoms with Gasteiger partial charge in [-0.05, 0) is 27.7 Å². The predicted octanol–water partition coefficient (Wildman–Crippen LogP) is -0.912. The van der Waals surface area contributed by atoms with Crippen molar-refractivity contribution >= 4 is 27.5 Å². The smallest absolute Gasteiger partial charge is 1.00 e. The molecule has 0 amide bonds. The van der Waals surface area contributed by atoms with Crippen molar-refractivity contribution in [3.8, 4) is 0 Å². The van der Waals surface area contributed by atoms with E-state index in [1.165, 1.54) is 23.0 Å². The Kier molecular flexibility index (Phi) is 6.20. The number of fused-ring (bicyclic) bond motifs is 1. The molecule has 0 spiro atoms. The van der Waals surface area contributed by atoms with Gasteiger partial charge >= 0.3 is 41.2 Å². The number of hydrogen-bond acceptors (Lipinski definition) is 5. The summed E-state index contributed by atoms with van der Waals surface area (Å²) in [6.07, 6.45) is 0.338. The summed E-state index contributed by atoms with van der Waals surface area (Å²) in [6, 6.07) is -0.206. The molecule has 0 saturated heterocycles. The first kappa shape index (κ1) is 21.6. The third-order valence-electron chi connectivity index (χ3n) is 4.54. The number of carboxylic acid groups (broad SMARTS) is 1. The van der Waals surface area contributed by atoms with E-state index in [1.807, 2.05) is 27.7 Å². The second-order valence-electron chi connectivity index (χ2n) is 6.59. The number of rotatable bonds is 4. The summed E-state index contributed by atoms with van der Waals surface area (Å²) in [5.41, 5.74) is 1.48. The van der Waals surface area contributed by atoms with Crippen molar-refractivity contribution in [2.75, 3.05) is 0 Å². The van der Waals surface area contributed by atoms with Crippen LogP contribution in [0.15, 0.2) is 9.59 Å². The fourth-order valence-corrected chi connectivity index (χ4v) is 4.56. The van der Waals surface area contributed by atoms with E-state index >= 15 is 0 Å². The first-order valence-corrected chi connectivity index (χ1v) is 8.97. The Morgan fingerprint density at radius 3 is 2.44 bits per heavy atom. The number of aromatic nitrogens is 4. The van der Waals surface area contributed by atoms with Crippen LogP contribution in [0, 0.1) is 13.8 Å². The summed E-state index contributed by atoms with van der Waals surface area (Å²) in [7, 11) is 1.37. The third kappa shape index (κ3) is 3.44. The maximum Gasteiger partial charge on any atom is 1.00 e. The SMILES string of the molecule is Cc1n[nH]c(C)c1Cc1sc2c(c1C(=O)O)c(=O)n(C)c(=O)n2C(C)C.[H-].[Na+]. The zero-order valence-corrected chi connectivity index (χ0v) is 19.0. The minimum absolute atomic E-state index is 0. The zero-order valence-electron chi connectivity index (χ0n) is 17.2. The summed E-state index contributed by atoms with van der Waals surface area (Å²) in [6.45, 7) is 7.37. The fraction of sp³-hybridized carbons (Fsp3) is 0.412. The Labute approximate surface area is 182 Å². The second kappa shape index (κ2) is 7.75. The molecule has 0 aliphatic rings. The number of carboxylic acids is 1. The molecular formula is C17H21N4NaO4S. The quantitative estimate of drug-likeness (QED) is 0.551. The number of aryl methyl sites for hydroxylation is 2. The molecule has 10 heteroatoms. The Hall–Kier alpha value is -1.68. The summed E-state index contributed by atoms with van der Waals surface area (Å²) >= 11 is 1.19. The van der Waals surface area contributed by atoms with Gasteiger partial charge in [0.05, 0.1) is 16.6 Å². The van der Waals surface area contributed by atoms with Gasteiger partial charge in [0.15, 0.2) is 0 Å². The molecule has 27 heavy (non-hydrogen) atoms. The molecule has 3 heterocycles. The Morgan fingerprint density at radius 1 is 1.33 bits per heavy atom. The van der Waals surface area contributed by atoms with Crippen molar-refractivity contribution in [2.24, 2.45) is 7.05 Å². The van der Waals surface area contributed by atoms with Crippen LogP contribution in [0.25, 0.3) is 10.2 Å². The van der Waals surface area contributed by atoms with E-state index in [0.717, 1.165) is 21.5 Å². The van der Waals surface area contributed by atoms with Gasteiger partial charge in [-0.2, -0.15) is 5.10 Å². The van der Waals surface area contributed by atoms with Crippen LogP contribution in [0.3, 0.4) is 0 Å². The van der Waals surface area contributed by atoms with Gasteiger partial charge < -0.3 is 6.53 Å². The predicted molar refractivity (Wildman–Crippen MR) is 101 cm³/mol. The second-order valence-corrected chi connectivity index (χ2v) is 7.67. The van der Waals surface area contributed by atoms with Gasteiger partial charge in [-0.25, -0.2) is 9.59 Å². The van der Waals surface area contributed by atoms with Crippen LogP contribution in [0.4, 0.5) is 0 Å². The Bertz CT molecular complexity index is 1140. The van der Waals surface area contributed by atoms with Crippen LogP contribution in [0.1, 0.15) is 53.5 Å². The maximum atomic E-state index is 12.7. The van der Waals surface area contributed by atoms with Gasteiger partial charge in [-0.1, -0.05) is 0 Å². The van der Waals surface area contributed by atoms with Crippen molar-refractivity contribution in [2.45, 2.75) is 40.2 Å². The van der Waals surface area contributed by atoms with Gasteiger partial charge in [0.1, 0.15) is 4.83 Å². The maximum absolute atomic E-state index is 12.7. The van der Waals surface area contributed by atoms with Gasteiger partial charge in [0.25, 0.3) is 5.56 Å². The molecule has 2 N–H and O–H groups in total. The third-order valence-corrected chi connectivity index (χ3v) is 5.73. The topological polar surface area (TPSA) is 110 Å². The molecule has 0 unspecified atom stereocenters. The molecular weight excluding hydrogens is 379 g/mol. The standard InChI is InChI=1S/C17H20N4O4S.Na.H/c1-7(2)21-15-13(14(22)20(5)17(21)25)12(16(23)24)11(26-15)6-10-8(3)18-19-9(10)4;;/h7H,6H2,1-5H3,(H,18,19)(H,23,24);;/q;+1;-1. The molecule has 3 aromatic rings. The summed E-state index contributed by atoms with van der Waals surface area (Å²) < 4.78 is 2.45. The zero-order chi connectivity index (χ0) is 19.3. The largest absolute Gasteiger partial charge is 1.00 e. The van der Waals surface area contributed by atoms with Crippen LogP contribution in [0.2, 0.25) is 0 Å². The molecule has 140 valence electrons. The van der Waals surface area contributed by atoms with E-state index in [2.05, 4.69) is 10.2 Å². The molecule has 0 atom stereocenters. The minimum Gasteiger partial charge on any atom is -1.00 e. The molecule has 3 aromatic heterocycles. The summed E-state index contributed by atoms with van der Waals surface area (Å²) in [5, 5.41) is 16.9. The van der Waals surface area contributed by atoms with E-state index in [-0.39, 0.29) is 48.0 Å². The van der Waals surface area contributed by atoms with Gasteiger partial charge in [-0.3, -0.25) is 19.0 Å². The summed E-state index contributed by atoms with van der Waals surface area (Å²) in [5.74, 6) is -1.17. The molecule has 0 radical (unpaired) electrons. The number of thiophene rings is 1. The number of carbonyl (C=O) groups is 1. The minimum atomic E-state index is -1.17. The van der Waals surface area contributed by atoms with E-state index < -0.39 is 17.2 Å². The number of aromatic carboxylic acids is 1. The monoisotopic (exact) mass is 400 g/mol. The number of aromatic amines is 1. The van der Waals surface area contributed by atoms with Crippen molar-refractivity contribution < 1.29 is 40.9 Å². The van der Waals surface area contributed by atoms with E-state index in [9.17, 15) is 19.5 Å². The van der Waals surface area contributed by atoms with Gasteiger partial charge in [-0.15, -0.1) is 11.3 Å². The Morgan fingerprint density at radius 2 is 1.96 bits per heavy atom. The number of hydrogen-bond donors (Lipinski definition) is 2. The van der Waals surface area contributed by atoms with Crippen molar-refractivity contribution in [3.05, 3.63) is 48.2 Å². The van der Waals surface area contributed by atoms with Crippen molar-refractivity contribution in [3.63, 3.8) is 0 Å². The average molecular weight is 400 g/mol. The van der Waals surface area contributed by atoms with Crippen LogP contribution in [-0.4, -0.2) is 30.4 Å². The van der Waals surface area contributed by atoms with Crippen LogP contribution in [-0.2, 0) is 13.5 Å². The number of nitrogens with zero attached hydrogens (tertiary/aromatic N) is 3. The molecule has 0 saturated carbocycles. The number of H-pyrrole nitrogens is 1. The van der Waals surface area contributed by atoms with Crippen LogP contribution < -0.4 is 40.8 Å². The van der Waals surface area contributed by atoms with E-state index in [0.29, 0.717) is 16.1 Å². The fourth-order valence-electron chi connectivity index (χ4n) is 3.14. The first-order valence-electron chi connectivity index (χ1n) is 8.15. The normalized spacial score (nSPS) is 11.2. The van der Waals surface area contributed by atoms with Gasteiger partial charge in [0.2, 0.25) is 0 Å². The van der Waals surface area contributed by atoms with Crippen molar-refractivity contribution in [1.29, 1.82) is 0 Å².